The molecule has 194 valence electrons. The largest absolute Gasteiger partial charge is 0.417 e. The molecule has 1 spiro atoms. The van der Waals surface area contributed by atoms with Gasteiger partial charge in [0.15, 0.2) is 5.11 Å². The van der Waals surface area contributed by atoms with Gasteiger partial charge in [-0.15, -0.1) is 0 Å². The zero-order valence-corrected chi connectivity index (χ0v) is 20.8. The minimum Gasteiger partial charge on any atom is -0.355 e. The van der Waals surface area contributed by atoms with Gasteiger partial charge in [0.05, 0.1) is 28.4 Å². The summed E-state index contributed by atoms with van der Waals surface area (Å²) in [5, 5.41) is 11.4. The van der Waals surface area contributed by atoms with Gasteiger partial charge in [-0.1, -0.05) is 6.92 Å². The fraction of sp³-hybridized carbons (Fsp3) is 0.360. The molecular weight excluding hydrogens is 510 g/mol. The van der Waals surface area contributed by atoms with Gasteiger partial charge in [0.25, 0.3) is 11.8 Å². The van der Waals surface area contributed by atoms with Crippen LogP contribution in [0.15, 0.2) is 36.4 Å². The molecule has 2 aromatic rings. The van der Waals surface area contributed by atoms with Gasteiger partial charge < -0.3 is 15.1 Å². The first-order chi connectivity index (χ1) is 17.5. The third-order valence-corrected chi connectivity index (χ3v) is 7.28. The number of amides is 2. The standard InChI is InChI=1S/C25H23F4N5O2S/c1-3-32-10-8-24(9-11-32)22(36)33(16-5-4-15(14-30)19(12-16)25(27,28)29)23(37)34(24)17-6-7-18(20(26)13-17)21(35)31-2/h4-7,12-13H,3,8-11H2,1-2H3,(H,31,35). The molecule has 37 heavy (non-hydrogen) atoms. The number of halogens is 4. The fourth-order valence-corrected chi connectivity index (χ4v) is 5.37. The van der Waals surface area contributed by atoms with E-state index in [0.29, 0.717) is 25.9 Å². The number of likely N-dealkylation sites (tertiary alicyclic amines) is 1. The summed E-state index contributed by atoms with van der Waals surface area (Å²) in [6, 6.07) is 8.34. The molecule has 0 saturated carbocycles. The van der Waals surface area contributed by atoms with Crippen molar-refractivity contribution in [3.8, 4) is 6.07 Å². The maximum absolute atomic E-state index is 14.9. The topological polar surface area (TPSA) is 79.7 Å². The van der Waals surface area contributed by atoms with Gasteiger partial charge in [0.1, 0.15) is 11.4 Å². The number of rotatable bonds is 4. The molecule has 0 aromatic heterocycles. The third-order valence-electron chi connectivity index (χ3n) is 6.91. The molecule has 2 aromatic carbocycles. The number of benzene rings is 2. The van der Waals surface area contributed by atoms with Crippen LogP contribution in [0.1, 0.15) is 41.3 Å². The summed E-state index contributed by atoms with van der Waals surface area (Å²) in [6.07, 6.45) is -4.22. The highest BCUT2D eigenvalue weighted by Gasteiger charge is 2.57. The molecule has 0 atom stereocenters. The van der Waals surface area contributed by atoms with E-state index in [9.17, 15) is 27.2 Å². The number of hydrogen-bond acceptors (Lipinski definition) is 5. The van der Waals surface area contributed by atoms with E-state index in [1.807, 2.05) is 6.92 Å². The Morgan fingerprint density at radius 3 is 2.35 bits per heavy atom. The van der Waals surface area contributed by atoms with Gasteiger partial charge in [-0.2, -0.15) is 18.4 Å². The van der Waals surface area contributed by atoms with Crippen LogP contribution in [0, 0.1) is 17.1 Å². The lowest BCUT2D eigenvalue weighted by Crippen LogP contribution is -2.56. The van der Waals surface area contributed by atoms with Crippen molar-refractivity contribution in [1.29, 1.82) is 5.26 Å². The van der Waals surface area contributed by atoms with E-state index in [2.05, 4.69) is 10.2 Å². The van der Waals surface area contributed by atoms with E-state index in [4.69, 9.17) is 17.5 Å². The summed E-state index contributed by atoms with van der Waals surface area (Å²) in [5.41, 5.74) is -3.14. The van der Waals surface area contributed by atoms with Gasteiger partial charge in [0, 0.05) is 25.8 Å². The first kappa shape index (κ1) is 26.5. The molecule has 7 nitrogen and oxygen atoms in total. The van der Waals surface area contributed by atoms with Crippen molar-refractivity contribution in [3.05, 3.63) is 58.9 Å². The second kappa shape index (κ2) is 9.72. The molecule has 0 bridgehead atoms. The monoisotopic (exact) mass is 533 g/mol. The second-order valence-electron chi connectivity index (χ2n) is 8.81. The van der Waals surface area contributed by atoms with E-state index in [1.165, 1.54) is 36.2 Å². The summed E-state index contributed by atoms with van der Waals surface area (Å²) in [7, 11) is 1.37. The zero-order chi connectivity index (χ0) is 27.1. The number of nitrogens with zero attached hydrogens (tertiary/aromatic N) is 4. The zero-order valence-electron chi connectivity index (χ0n) is 20.0. The molecule has 0 radical (unpaired) electrons. The van der Waals surface area contributed by atoms with Crippen molar-refractivity contribution in [1.82, 2.24) is 10.2 Å². The first-order valence-corrected chi connectivity index (χ1v) is 11.9. The van der Waals surface area contributed by atoms with Gasteiger partial charge in [-0.3, -0.25) is 14.5 Å². The lowest BCUT2D eigenvalue weighted by Gasteiger charge is -2.42. The van der Waals surface area contributed by atoms with Crippen LogP contribution in [0.5, 0.6) is 0 Å². The summed E-state index contributed by atoms with van der Waals surface area (Å²) in [6.45, 7) is 3.77. The Morgan fingerprint density at radius 1 is 1.16 bits per heavy atom. The maximum atomic E-state index is 14.9. The average Bonchev–Trinajstić information content (AvgIpc) is 3.08. The number of nitrogens with one attached hydrogen (secondary N) is 1. The van der Waals surface area contributed by atoms with Gasteiger partial charge in [-0.25, -0.2) is 4.39 Å². The third kappa shape index (κ3) is 4.42. The number of carbonyl (C=O) groups excluding carboxylic acids is 2. The molecule has 2 heterocycles. The van der Waals surface area contributed by atoms with E-state index in [1.54, 1.807) is 0 Å². The van der Waals surface area contributed by atoms with Crippen molar-refractivity contribution in [2.24, 2.45) is 0 Å². The molecule has 12 heteroatoms. The number of alkyl halides is 3. The van der Waals surface area contributed by atoms with Gasteiger partial charge in [0.2, 0.25) is 0 Å². The smallest absolute Gasteiger partial charge is 0.355 e. The van der Waals surface area contributed by atoms with Crippen molar-refractivity contribution >= 4 is 40.5 Å². The molecule has 2 aliphatic heterocycles. The predicted molar refractivity (Wildman–Crippen MR) is 133 cm³/mol. The van der Waals surface area contributed by atoms with Crippen molar-refractivity contribution < 1.29 is 27.2 Å². The Labute approximate surface area is 216 Å². The molecule has 2 aliphatic rings. The van der Waals surface area contributed by atoms with Crippen LogP contribution in [0.3, 0.4) is 0 Å². The predicted octanol–water partition coefficient (Wildman–Crippen LogP) is 4.07. The Balaban J connectivity index is 1.85. The normalized spacial score (nSPS) is 17.9. The summed E-state index contributed by atoms with van der Waals surface area (Å²) in [4.78, 5) is 30.6. The van der Waals surface area contributed by atoms with E-state index < -0.39 is 40.5 Å². The number of anilines is 2. The highest BCUT2D eigenvalue weighted by molar-refractivity contribution is 7.81. The summed E-state index contributed by atoms with van der Waals surface area (Å²) < 4.78 is 55.9. The summed E-state index contributed by atoms with van der Waals surface area (Å²) >= 11 is 5.63. The quantitative estimate of drug-likeness (QED) is 0.472. The van der Waals surface area contributed by atoms with Crippen molar-refractivity contribution in [2.75, 3.05) is 36.5 Å². The van der Waals surface area contributed by atoms with Crippen LogP contribution in [-0.4, -0.2) is 54.0 Å². The van der Waals surface area contributed by atoms with E-state index in [0.717, 1.165) is 29.6 Å². The molecule has 2 amide bonds. The molecular formula is C25H23F4N5O2S. The van der Waals surface area contributed by atoms with Crippen LogP contribution in [0.2, 0.25) is 0 Å². The number of hydrogen-bond donors (Lipinski definition) is 1. The average molecular weight is 534 g/mol. The fourth-order valence-electron chi connectivity index (χ4n) is 4.90. The first-order valence-electron chi connectivity index (χ1n) is 11.5. The summed E-state index contributed by atoms with van der Waals surface area (Å²) in [5.74, 6) is -1.99. The molecule has 0 aliphatic carbocycles. The van der Waals surface area contributed by atoms with E-state index >= 15 is 0 Å². The van der Waals surface area contributed by atoms with E-state index in [-0.39, 0.29) is 22.1 Å². The van der Waals surface area contributed by atoms with Crippen LogP contribution in [0.25, 0.3) is 0 Å². The lowest BCUT2D eigenvalue weighted by atomic mass is 9.85. The van der Waals surface area contributed by atoms with Crippen molar-refractivity contribution in [2.45, 2.75) is 31.5 Å². The van der Waals surface area contributed by atoms with Crippen LogP contribution in [-0.2, 0) is 11.0 Å². The Kier molecular flexibility index (Phi) is 6.96. The minimum absolute atomic E-state index is 0.111. The highest BCUT2D eigenvalue weighted by Crippen LogP contribution is 2.44. The Morgan fingerprint density at radius 2 is 1.81 bits per heavy atom. The Bertz CT molecular complexity index is 1320. The molecule has 4 rings (SSSR count). The van der Waals surface area contributed by atoms with Gasteiger partial charge in [-0.05, 0) is 68.0 Å². The van der Waals surface area contributed by atoms with Crippen molar-refractivity contribution in [3.63, 3.8) is 0 Å². The second-order valence-corrected chi connectivity index (χ2v) is 9.17. The van der Waals surface area contributed by atoms with Crippen LogP contribution < -0.4 is 15.1 Å². The highest BCUT2D eigenvalue weighted by atomic mass is 32.1. The molecule has 2 fully saturated rings. The SMILES string of the molecule is CCN1CCC2(CC1)C(=O)N(c1ccc(C#N)c(C(F)(F)F)c1)C(=S)N2c1ccc(C(=O)NC)c(F)c1. The van der Waals surface area contributed by atoms with Gasteiger partial charge >= 0.3 is 6.18 Å². The molecule has 2 saturated heterocycles. The number of nitriles is 1. The number of piperidine rings is 1. The number of carbonyl (C=O) groups is 2. The number of thiocarbonyl (C=S) groups is 1. The Hall–Kier alpha value is -3.56. The lowest BCUT2D eigenvalue weighted by molar-refractivity contribution is -0.137. The minimum atomic E-state index is -4.83. The molecule has 0 unspecified atom stereocenters. The maximum Gasteiger partial charge on any atom is 0.417 e. The molecule has 1 N–H and O–H groups in total. The van der Waals surface area contributed by atoms with Crippen LogP contribution >= 0.6 is 12.2 Å². The van der Waals surface area contributed by atoms with Crippen LogP contribution in [0.4, 0.5) is 28.9 Å².